The first-order chi connectivity index (χ1) is 14.0. The number of nitrogens with zero attached hydrogens (tertiary/aromatic N) is 1. The van der Waals surface area contributed by atoms with Crippen molar-refractivity contribution in [2.45, 2.75) is 11.8 Å². The fourth-order valence-electron chi connectivity index (χ4n) is 2.55. The summed E-state index contributed by atoms with van der Waals surface area (Å²) in [4.78, 5) is 4.25. The predicted molar refractivity (Wildman–Crippen MR) is 112 cm³/mol. The van der Waals surface area contributed by atoms with Gasteiger partial charge in [-0.3, -0.25) is 4.98 Å². The molecule has 7 heteroatoms. The zero-order chi connectivity index (χ0) is 20.7. The summed E-state index contributed by atoms with van der Waals surface area (Å²) in [6, 6.07) is 16.7. The number of hydrogen-bond donors (Lipinski definition) is 0. The molecule has 0 unspecified atom stereocenters. The van der Waals surface area contributed by atoms with Gasteiger partial charge in [0.25, 0.3) is 0 Å². The Labute approximate surface area is 170 Å². The van der Waals surface area contributed by atoms with E-state index in [0.29, 0.717) is 18.1 Å². The number of pyridine rings is 1. The molecule has 1 aromatic heterocycles. The molecule has 0 saturated heterocycles. The molecule has 0 aliphatic heterocycles. The lowest BCUT2D eigenvalue weighted by molar-refractivity contribution is 0.340. The van der Waals surface area contributed by atoms with Crippen molar-refractivity contribution in [2.24, 2.45) is 0 Å². The molecule has 150 valence electrons. The van der Waals surface area contributed by atoms with Crippen LogP contribution in [-0.4, -0.2) is 27.1 Å². The van der Waals surface area contributed by atoms with E-state index in [-0.39, 0.29) is 10.6 Å². The fourth-order valence-corrected chi connectivity index (χ4v) is 3.49. The molecule has 0 bridgehead atoms. The van der Waals surface area contributed by atoms with Crippen LogP contribution in [0.4, 0.5) is 0 Å². The van der Waals surface area contributed by atoms with E-state index in [9.17, 15) is 8.42 Å². The van der Waals surface area contributed by atoms with Gasteiger partial charge in [0, 0.05) is 6.20 Å². The van der Waals surface area contributed by atoms with E-state index in [1.807, 2.05) is 37.3 Å². The molecule has 0 fully saturated rings. The van der Waals surface area contributed by atoms with Crippen molar-refractivity contribution in [1.82, 2.24) is 4.98 Å². The van der Waals surface area contributed by atoms with Gasteiger partial charge in [-0.1, -0.05) is 18.2 Å². The molecule has 2 aromatic carbocycles. The average Bonchev–Trinajstić information content (AvgIpc) is 2.74. The smallest absolute Gasteiger partial charge is 0.339 e. The first kappa shape index (κ1) is 20.4. The first-order valence-electron chi connectivity index (χ1n) is 8.96. The molecule has 3 aromatic rings. The van der Waals surface area contributed by atoms with Crippen LogP contribution in [0.3, 0.4) is 0 Å². The van der Waals surface area contributed by atoms with Gasteiger partial charge in [-0.15, -0.1) is 0 Å². The van der Waals surface area contributed by atoms with Crippen molar-refractivity contribution in [1.29, 1.82) is 0 Å². The minimum absolute atomic E-state index is 0.0298. The lowest BCUT2D eigenvalue weighted by Gasteiger charge is -2.12. The molecule has 0 aliphatic rings. The Morgan fingerprint density at radius 2 is 1.76 bits per heavy atom. The van der Waals surface area contributed by atoms with Crippen LogP contribution in [0.15, 0.2) is 71.8 Å². The maximum absolute atomic E-state index is 12.6. The van der Waals surface area contributed by atoms with Gasteiger partial charge in [-0.25, -0.2) is 0 Å². The third-order valence-electron chi connectivity index (χ3n) is 3.94. The minimum atomic E-state index is -4.01. The second-order valence-corrected chi connectivity index (χ2v) is 7.49. The Morgan fingerprint density at radius 3 is 2.41 bits per heavy atom. The van der Waals surface area contributed by atoms with E-state index >= 15 is 0 Å². The Kier molecular flexibility index (Phi) is 6.51. The van der Waals surface area contributed by atoms with Crippen molar-refractivity contribution in [2.75, 3.05) is 13.7 Å². The Bertz CT molecular complexity index is 1080. The second kappa shape index (κ2) is 9.25. The second-order valence-electron chi connectivity index (χ2n) is 5.94. The molecule has 1 heterocycles. The van der Waals surface area contributed by atoms with Crippen LogP contribution < -0.4 is 13.7 Å². The van der Waals surface area contributed by atoms with Gasteiger partial charge in [0.05, 0.1) is 19.4 Å². The lowest BCUT2D eigenvalue weighted by atomic mass is 10.1. The minimum Gasteiger partial charge on any atom is -0.494 e. The topological polar surface area (TPSA) is 74.7 Å². The van der Waals surface area contributed by atoms with E-state index in [2.05, 4.69) is 4.98 Å². The van der Waals surface area contributed by atoms with Crippen LogP contribution >= 0.6 is 0 Å². The Hall–Kier alpha value is -3.32. The first-order valence-corrected chi connectivity index (χ1v) is 10.4. The SMILES string of the molecule is CCOc1ccc(S(=O)(=O)Oc2ccc(/C=C/c3ccccn3)cc2OC)cc1. The summed E-state index contributed by atoms with van der Waals surface area (Å²) < 4.78 is 41.1. The monoisotopic (exact) mass is 411 g/mol. The highest BCUT2D eigenvalue weighted by Crippen LogP contribution is 2.31. The zero-order valence-electron chi connectivity index (χ0n) is 16.1. The molecular weight excluding hydrogens is 390 g/mol. The summed E-state index contributed by atoms with van der Waals surface area (Å²) in [5.41, 5.74) is 1.63. The van der Waals surface area contributed by atoms with Crippen molar-refractivity contribution in [3.05, 3.63) is 78.1 Å². The molecule has 0 N–H and O–H groups in total. The molecule has 3 rings (SSSR count). The van der Waals surface area contributed by atoms with Crippen LogP contribution in [-0.2, 0) is 10.1 Å². The number of aromatic nitrogens is 1. The number of hydrogen-bond acceptors (Lipinski definition) is 6. The molecule has 0 radical (unpaired) electrons. The molecule has 0 aliphatic carbocycles. The molecule has 0 saturated carbocycles. The van der Waals surface area contributed by atoms with Gasteiger partial charge < -0.3 is 13.7 Å². The summed E-state index contributed by atoms with van der Waals surface area (Å²) in [6.45, 7) is 2.36. The highest BCUT2D eigenvalue weighted by Gasteiger charge is 2.19. The van der Waals surface area contributed by atoms with Gasteiger partial charge in [-0.2, -0.15) is 8.42 Å². The average molecular weight is 411 g/mol. The largest absolute Gasteiger partial charge is 0.494 e. The van der Waals surface area contributed by atoms with E-state index < -0.39 is 10.1 Å². The number of rotatable bonds is 8. The van der Waals surface area contributed by atoms with E-state index in [4.69, 9.17) is 13.7 Å². The maximum atomic E-state index is 12.6. The van der Waals surface area contributed by atoms with Crippen LogP contribution in [0.25, 0.3) is 12.2 Å². The highest BCUT2D eigenvalue weighted by molar-refractivity contribution is 7.87. The summed E-state index contributed by atoms with van der Waals surface area (Å²) in [6.07, 6.45) is 5.42. The summed E-state index contributed by atoms with van der Waals surface area (Å²) in [7, 11) is -2.55. The van der Waals surface area contributed by atoms with Crippen LogP contribution in [0.5, 0.6) is 17.2 Å². The third-order valence-corrected chi connectivity index (χ3v) is 5.19. The van der Waals surface area contributed by atoms with Crippen LogP contribution in [0.1, 0.15) is 18.2 Å². The van der Waals surface area contributed by atoms with E-state index in [0.717, 1.165) is 11.3 Å². The fraction of sp³-hybridized carbons (Fsp3) is 0.136. The molecule has 29 heavy (non-hydrogen) atoms. The van der Waals surface area contributed by atoms with Crippen molar-refractivity contribution in [3.63, 3.8) is 0 Å². The molecule has 0 spiro atoms. The standard InChI is InChI=1S/C22H21NO5S/c1-3-27-19-10-12-20(13-11-19)29(24,25)28-21-14-8-17(16-22(21)26-2)7-9-18-6-4-5-15-23-18/h4-16H,3H2,1-2H3/b9-7+. The summed E-state index contributed by atoms with van der Waals surface area (Å²) in [5, 5.41) is 0. The van der Waals surface area contributed by atoms with Crippen LogP contribution in [0, 0.1) is 0 Å². The quantitative estimate of drug-likeness (QED) is 0.511. The molecular formula is C22H21NO5S. The van der Waals surface area contributed by atoms with Gasteiger partial charge in [-0.05, 0) is 67.1 Å². The van der Waals surface area contributed by atoms with Crippen molar-refractivity contribution < 1.29 is 22.1 Å². The van der Waals surface area contributed by atoms with E-state index in [1.165, 1.54) is 19.2 Å². The summed E-state index contributed by atoms with van der Waals surface area (Å²) >= 11 is 0. The predicted octanol–water partition coefficient (Wildman–Crippen LogP) is 4.43. The molecule has 0 amide bonds. The maximum Gasteiger partial charge on any atom is 0.339 e. The van der Waals surface area contributed by atoms with Gasteiger partial charge in [0.2, 0.25) is 0 Å². The number of ether oxygens (including phenoxy) is 2. The lowest BCUT2D eigenvalue weighted by Crippen LogP contribution is -2.10. The van der Waals surface area contributed by atoms with Gasteiger partial charge in [0.15, 0.2) is 11.5 Å². The van der Waals surface area contributed by atoms with Gasteiger partial charge in [0.1, 0.15) is 10.6 Å². The van der Waals surface area contributed by atoms with Crippen molar-refractivity contribution >= 4 is 22.3 Å². The summed E-state index contributed by atoms with van der Waals surface area (Å²) in [5.74, 6) is 1.01. The molecule has 6 nitrogen and oxygen atoms in total. The van der Waals surface area contributed by atoms with Crippen LogP contribution in [0.2, 0.25) is 0 Å². The Morgan fingerprint density at radius 1 is 0.966 bits per heavy atom. The zero-order valence-corrected chi connectivity index (χ0v) is 16.9. The Balaban J connectivity index is 1.80. The highest BCUT2D eigenvalue weighted by atomic mass is 32.2. The normalized spacial score (nSPS) is 11.4. The number of methoxy groups -OCH3 is 1. The van der Waals surface area contributed by atoms with E-state index in [1.54, 1.807) is 36.5 Å². The number of benzene rings is 2. The van der Waals surface area contributed by atoms with Crippen molar-refractivity contribution in [3.8, 4) is 17.2 Å². The third kappa shape index (κ3) is 5.36. The molecule has 0 atom stereocenters. The van der Waals surface area contributed by atoms with Gasteiger partial charge >= 0.3 is 10.1 Å².